The number of carbonyl (C=O) groups excluding carboxylic acids is 1. The largest absolute Gasteiger partial charge is 0.330 e. The molecule has 6 heteroatoms. The summed E-state index contributed by atoms with van der Waals surface area (Å²) in [5.41, 5.74) is 4.26. The summed E-state index contributed by atoms with van der Waals surface area (Å²) in [6.45, 7) is 6.04. The first-order chi connectivity index (χ1) is 12.6. The van der Waals surface area contributed by atoms with E-state index >= 15 is 0 Å². The highest BCUT2D eigenvalue weighted by molar-refractivity contribution is 7.13. The van der Waals surface area contributed by atoms with Gasteiger partial charge in [-0.2, -0.15) is 5.10 Å². The smallest absolute Gasteiger partial charge is 0.266 e. The Labute approximate surface area is 157 Å². The Kier molecular flexibility index (Phi) is 4.59. The Morgan fingerprint density at radius 1 is 1.23 bits per heavy atom. The molecule has 0 unspecified atom stereocenters. The van der Waals surface area contributed by atoms with Gasteiger partial charge >= 0.3 is 0 Å². The fourth-order valence-corrected chi connectivity index (χ4v) is 4.31. The standard InChI is InChI=1S/C20H22N4OS/c1-3-18-21-14(2)19(26-18)20(25)23-9-10-24-17(13-23)12-16(22-24)11-15-7-5-4-6-8-15/h4-8,12H,3,9-11,13H2,1-2H3. The van der Waals surface area contributed by atoms with E-state index in [0.717, 1.165) is 46.4 Å². The number of rotatable bonds is 4. The number of hydrogen-bond acceptors (Lipinski definition) is 4. The highest BCUT2D eigenvalue weighted by atomic mass is 32.1. The molecule has 0 fully saturated rings. The van der Waals surface area contributed by atoms with Crippen LogP contribution in [0, 0.1) is 6.92 Å². The van der Waals surface area contributed by atoms with Crippen LogP contribution in [-0.4, -0.2) is 32.1 Å². The van der Waals surface area contributed by atoms with Crippen molar-refractivity contribution in [3.63, 3.8) is 0 Å². The number of thiazole rings is 1. The van der Waals surface area contributed by atoms with Gasteiger partial charge < -0.3 is 4.90 Å². The average molecular weight is 366 g/mol. The summed E-state index contributed by atoms with van der Waals surface area (Å²) >= 11 is 1.52. The van der Waals surface area contributed by atoms with Crippen molar-refractivity contribution in [3.05, 3.63) is 68.9 Å². The topological polar surface area (TPSA) is 51.0 Å². The van der Waals surface area contributed by atoms with Gasteiger partial charge in [-0.3, -0.25) is 9.48 Å². The molecule has 0 saturated carbocycles. The molecule has 1 aliphatic heterocycles. The third-order valence-electron chi connectivity index (χ3n) is 4.70. The Balaban J connectivity index is 1.50. The molecule has 0 N–H and O–H groups in total. The molecule has 2 aromatic heterocycles. The van der Waals surface area contributed by atoms with Gasteiger partial charge in [0.1, 0.15) is 4.88 Å². The number of nitrogens with zero attached hydrogens (tertiary/aromatic N) is 4. The lowest BCUT2D eigenvalue weighted by molar-refractivity contribution is 0.0710. The molecule has 0 bridgehead atoms. The number of fused-ring (bicyclic) bond motifs is 1. The van der Waals surface area contributed by atoms with E-state index in [1.54, 1.807) is 0 Å². The van der Waals surface area contributed by atoms with Gasteiger partial charge in [-0.1, -0.05) is 37.3 Å². The molecule has 0 aliphatic carbocycles. The number of carbonyl (C=O) groups is 1. The molecule has 1 aromatic carbocycles. The number of amides is 1. The van der Waals surface area contributed by atoms with E-state index in [1.165, 1.54) is 16.9 Å². The van der Waals surface area contributed by atoms with Gasteiger partial charge in [0.05, 0.1) is 35.2 Å². The predicted octanol–water partition coefficient (Wildman–Crippen LogP) is 3.46. The van der Waals surface area contributed by atoms with Crippen LogP contribution in [0.15, 0.2) is 36.4 Å². The van der Waals surface area contributed by atoms with Crippen LogP contribution in [0.5, 0.6) is 0 Å². The second-order valence-corrected chi connectivity index (χ2v) is 7.70. The number of aryl methyl sites for hydroxylation is 2. The van der Waals surface area contributed by atoms with E-state index in [9.17, 15) is 4.79 Å². The summed E-state index contributed by atoms with van der Waals surface area (Å²) < 4.78 is 2.04. The van der Waals surface area contributed by atoms with Gasteiger partial charge in [0, 0.05) is 13.0 Å². The lowest BCUT2D eigenvalue weighted by atomic mass is 10.1. The summed E-state index contributed by atoms with van der Waals surface area (Å²) in [5.74, 6) is 0.0942. The Morgan fingerprint density at radius 3 is 2.77 bits per heavy atom. The van der Waals surface area contributed by atoms with Crippen LogP contribution in [0.1, 0.15) is 44.2 Å². The van der Waals surface area contributed by atoms with Gasteiger partial charge in [0.2, 0.25) is 0 Å². The Bertz CT molecular complexity index is 929. The highest BCUT2D eigenvalue weighted by Gasteiger charge is 2.26. The fourth-order valence-electron chi connectivity index (χ4n) is 3.34. The van der Waals surface area contributed by atoms with Crippen molar-refractivity contribution in [1.82, 2.24) is 19.7 Å². The molecule has 5 nitrogen and oxygen atoms in total. The van der Waals surface area contributed by atoms with E-state index < -0.39 is 0 Å². The first-order valence-electron chi connectivity index (χ1n) is 8.99. The normalized spacial score (nSPS) is 13.7. The number of aromatic nitrogens is 3. The number of hydrogen-bond donors (Lipinski definition) is 0. The number of benzene rings is 1. The molecule has 0 spiro atoms. The molecule has 26 heavy (non-hydrogen) atoms. The molecule has 0 radical (unpaired) electrons. The van der Waals surface area contributed by atoms with E-state index in [2.05, 4.69) is 30.1 Å². The van der Waals surface area contributed by atoms with Crippen molar-refractivity contribution < 1.29 is 4.79 Å². The molecule has 0 saturated heterocycles. The minimum atomic E-state index is 0.0942. The lowest BCUT2D eigenvalue weighted by Gasteiger charge is -2.27. The zero-order valence-electron chi connectivity index (χ0n) is 15.1. The molecular formula is C20H22N4OS. The molecule has 3 heterocycles. The third kappa shape index (κ3) is 3.29. The van der Waals surface area contributed by atoms with Crippen LogP contribution in [0.4, 0.5) is 0 Å². The van der Waals surface area contributed by atoms with Gasteiger partial charge in [0.25, 0.3) is 5.91 Å². The van der Waals surface area contributed by atoms with E-state index in [4.69, 9.17) is 5.10 Å². The molecule has 1 aliphatic rings. The summed E-state index contributed by atoms with van der Waals surface area (Å²) in [5, 5.41) is 5.74. The van der Waals surface area contributed by atoms with E-state index in [-0.39, 0.29) is 5.91 Å². The lowest BCUT2D eigenvalue weighted by Crippen LogP contribution is -2.38. The van der Waals surface area contributed by atoms with Gasteiger partial charge in [0.15, 0.2) is 0 Å². The van der Waals surface area contributed by atoms with Crippen LogP contribution in [0.25, 0.3) is 0 Å². The molecule has 134 valence electrons. The molecule has 3 aromatic rings. The monoisotopic (exact) mass is 366 g/mol. The molecule has 1 amide bonds. The van der Waals surface area contributed by atoms with Crippen molar-refractivity contribution in [1.29, 1.82) is 0 Å². The maximum absolute atomic E-state index is 12.9. The first-order valence-corrected chi connectivity index (χ1v) is 9.80. The van der Waals surface area contributed by atoms with E-state index in [0.29, 0.717) is 13.1 Å². The second kappa shape index (κ2) is 7.03. The summed E-state index contributed by atoms with van der Waals surface area (Å²) in [4.78, 5) is 20.1. The third-order valence-corrected chi connectivity index (χ3v) is 5.99. The molecule has 0 atom stereocenters. The SMILES string of the molecule is CCc1nc(C)c(C(=O)N2CCn3nc(Cc4ccccc4)cc3C2)s1. The fraction of sp³-hybridized carbons (Fsp3) is 0.350. The highest BCUT2D eigenvalue weighted by Crippen LogP contribution is 2.23. The summed E-state index contributed by atoms with van der Waals surface area (Å²) in [6, 6.07) is 12.5. The zero-order chi connectivity index (χ0) is 18.1. The van der Waals surface area contributed by atoms with Crippen LogP contribution in [0.3, 0.4) is 0 Å². The Hall–Kier alpha value is -2.47. The van der Waals surface area contributed by atoms with Crippen molar-refractivity contribution in [3.8, 4) is 0 Å². The first kappa shape index (κ1) is 17.0. The van der Waals surface area contributed by atoms with Crippen molar-refractivity contribution >= 4 is 17.2 Å². The Morgan fingerprint density at radius 2 is 2.04 bits per heavy atom. The van der Waals surface area contributed by atoms with Crippen molar-refractivity contribution in [2.24, 2.45) is 0 Å². The van der Waals surface area contributed by atoms with Crippen molar-refractivity contribution in [2.45, 2.75) is 39.8 Å². The summed E-state index contributed by atoms with van der Waals surface area (Å²) in [7, 11) is 0. The molecule has 4 rings (SSSR count). The minimum Gasteiger partial charge on any atom is -0.330 e. The molecular weight excluding hydrogens is 344 g/mol. The van der Waals surface area contributed by atoms with Gasteiger partial charge in [-0.25, -0.2) is 4.98 Å². The van der Waals surface area contributed by atoms with Gasteiger partial charge in [-0.05, 0) is 25.0 Å². The van der Waals surface area contributed by atoms with Crippen LogP contribution < -0.4 is 0 Å². The van der Waals surface area contributed by atoms with Gasteiger partial charge in [-0.15, -0.1) is 11.3 Å². The van der Waals surface area contributed by atoms with Crippen LogP contribution in [0.2, 0.25) is 0 Å². The van der Waals surface area contributed by atoms with E-state index in [1.807, 2.05) is 34.7 Å². The van der Waals surface area contributed by atoms with Crippen LogP contribution in [-0.2, 0) is 25.9 Å². The average Bonchev–Trinajstić information content (AvgIpc) is 3.23. The summed E-state index contributed by atoms with van der Waals surface area (Å²) in [6.07, 6.45) is 1.69. The van der Waals surface area contributed by atoms with Crippen molar-refractivity contribution in [2.75, 3.05) is 6.54 Å². The predicted molar refractivity (Wildman–Crippen MR) is 102 cm³/mol. The second-order valence-electron chi connectivity index (χ2n) is 6.61. The van der Waals surface area contributed by atoms with Crippen LogP contribution >= 0.6 is 11.3 Å². The quantitative estimate of drug-likeness (QED) is 0.710. The minimum absolute atomic E-state index is 0.0942. The maximum Gasteiger partial charge on any atom is 0.266 e. The maximum atomic E-state index is 12.9. The zero-order valence-corrected chi connectivity index (χ0v) is 15.9.